The molecule has 6 nitrogen and oxygen atoms in total. The number of benzene rings is 1. The molecule has 0 saturated heterocycles. The zero-order valence-corrected chi connectivity index (χ0v) is 14.4. The lowest BCUT2D eigenvalue weighted by molar-refractivity contribution is -0.120. The van der Waals surface area contributed by atoms with Crippen molar-refractivity contribution in [2.45, 2.75) is 19.3 Å². The number of nitrogen functional groups attached to an aromatic ring is 1. The number of carbonyl (C=O) groups is 1. The fraction of sp³-hybridized carbons (Fsp3) is 0.333. The highest BCUT2D eigenvalue weighted by Gasteiger charge is 2.06. The molecule has 1 amide bonds. The lowest BCUT2D eigenvalue weighted by Gasteiger charge is -2.03. The molecule has 8 heteroatoms. The molecule has 2 aromatic rings. The standard InChI is InChI=1S/C15H21N5O.2ClH/c16-9-8-15(21)18-10-4-5-12-11-14(17)20(19-12)13-6-2-1-3-7-13;;/h1-3,6-7,11H,4-5,8-10,16-17H2,(H,18,21);2*1H. The number of rotatable bonds is 7. The number of amides is 1. The van der Waals surface area contributed by atoms with E-state index in [1.54, 1.807) is 4.68 Å². The monoisotopic (exact) mass is 359 g/mol. The van der Waals surface area contributed by atoms with E-state index in [-0.39, 0.29) is 30.7 Å². The van der Waals surface area contributed by atoms with Gasteiger partial charge in [-0.15, -0.1) is 24.8 Å². The number of anilines is 1. The van der Waals surface area contributed by atoms with Crippen LogP contribution in [0.5, 0.6) is 0 Å². The van der Waals surface area contributed by atoms with Crippen molar-refractivity contribution in [1.29, 1.82) is 0 Å². The van der Waals surface area contributed by atoms with E-state index in [9.17, 15) is 4.79 Å². The lowest BCUT2D eigenvalue weighted by Crippen LogP contribution is -2.26. The maximum absolute atomic E-state index is 11.3. The van der Waals surface area contributed by atoms with Crippen LogP contribution in [-0.4, -0.2) is 28.8 Å². The van der Waals surface area contributed by atoms with Crippen LogP contribution < -0.4 is 16.8 Å². The van der Waals surface area contributed by atoms with Gasteiger partial charge in [-0.1, -0.05) is 18.2 Å². The summed E-state index contributed by atoms with van der Waals surface area (Å²) in [7, 11) is 0. The molecule has 2 rings (SSSR count). The minimum atomic E-state index is -0.00757. The second-order valence-corrected chi connectivity index (χ2v) is 4.80. The Balaban J connectivity index is 0.00000242. The Morgan fingerprint density at radius 3 is 2.57 bits per heavy atom. The molecule has 0 atom stereocenters. The van der Waals surface area contributed by atoms with Crippen molar-refractivity contribution in [3.63, 3.8) is 0 Å². The van der Waals surface area contributed by atoms with Crippen LogP contribution in [0.15, 0.2) is 36.4 Å². The summed E-state index contributed by atoms with van der Waals surface area (Å²) in [6.45, 7) is 1.00. The molecule has 128 valence electrons. The first-order valence-corrected chi connectivity index (χ1v) is 7.07. The molecule has 0 bridgehead atoms. The second-order valence-electron chi connectivity index (χ2n) is 4.80. The summed E-state index contributed by atoms with van der Waals surface area (Å²) in [5.74, 6) is 0.607. The van der Waals surface area contributed by atoms with E-state index in [2.05, 4.69) is 10.4 Å². The number of para-hydroxylation sites is 1. The molecule has 5 N–H and O–H groups in total. The molecule has 1 aromatic carbocycles. The lowest BCUT2D eigenvalue weighted by atomic mass is 10.2. The predicted octanol–water partition coefficient (Wildman–Crippen LogP) is 1.70. The van der Waals surface area contributed by atoms with Crippen LogP contribution in [0.2, 0.25) is 0 Å². The van der Waals surface area contributed by atoms with Gasteiger partial charge < -0.3 is 16.8 Å². The van der Waals surface area contributed by atoms with Gasteiger partial charge in [0.2, 0.25) is 5.91 Å². The zero-order valence-electron chi connectivity index (χ0n) is 12.8. The maximum Gasteiger partial charge on any atom is 0.221 e. The van der Waals surface area contributed by atoms with E-state index in [1.807, 2.05) is 36.4 Å². The van der Waals surface area contributed by atoms with Gasteiger partial charge in [0.15, 0.2) is 0 Å². The Kier molecular flexibility index (Phi) is 10.0. The molecule has 23 heavy (non-hydrogen) atoms. The molecule has 0 spiro atoms. The van der Waals surface area contributed by atoms with Crippen molar-refractivity contribution in [2.24, 2.45) is 5.73 Å². The Hall–Kier alpha value is -1.76. The molecule has 0 fully saturated rings. The number of nitrogens with one attached hydrogen (secondary N) is 1. The van der Waals surface area contributed by atoms with Gasteiger partial charge in [0.05, 0.1) is 11.4 Å². The maximum atomic E-state index is 11.3. The molecule has 0 aliphatic rings. The minimum Gasteiger partial charge on any atom is -0.384 e. The predicted molar refractivity (Wildman–Crippen MR) is 97.5 cm³/mol. The normalized spacial score (nSPS) is 9.61. The molecule has 0 unspecified atom stereocenters. The van der Waals surface area contributed by atoms with Crippen molar-refractivity contribution in [1.82, 2.24) is 15.1 Å². The first-order chi connectivity index (χ1) is 10.2. The van der Waals surface area contributed by atoms with E-state index < -0.39 is 0 Å². The number of nitrogens with zero attached hydrogens (tertiary/aromatic N) is 2. The van der Waals surface area contributed by atoms with Crippen LogP contribution >= 0.6 is 24.8 Å². The highest BCUT2D eigenvalue weighted by atomic mass is 35.5. The number of aromatic nitrogens is 2. The smallest absolute Gasteiger partial charge is 0.221 e. The molecule has 0 aliphatic carbocycles. The van der Waals surface area contributed by atoms with Crippen molar-refractivity contribution >= 4 is 36.5 Å². The number of halogens is 2. The van der Waals surface area contributed by atoms with Gasteiger partial charge in [0.1, 0.15) is 5.82 Å². The molecular weight excluding hydrogens is 337 g/mol. The van der Waals surface area contributed by atoms with Gasteiger partial charge in [0.25, 0.3) is 0 Å². The minimum absolute atomic E-state index is 0. The summed E-state index contributed by atoms with van der Waals surface area (Å²) in [6, 6.07) is 11.6. The molecule has 1 heterocycles. The molecule has 0 aliphatic heterocycles. The summed E-state index contributed by atoms with van der Waals surface area (Å²) < 4.78 is 1.72. The Morgan fingerprint density at radius 1 is 1.22 bits per heavy atom. The topological polar surface area (TPSA) is 99.0 Å². The first-order valence-electron chi connectivity index (χ1n) is 7.07. The number of hydrogen-bond acceptors (Lipinski definition) is 4. The highest BCUT2D eigenvalue weighted by Crippen LogP contribution is 2.14. The van der Waals surface area contributed by atoms with E-state index in [1.165, 1.54) is 0 Å². The third-order valence-electron chi connectivity index (χ3n) is 3.09. The number of carbonyl (C=O) groups excluding carboxylic acids is 1. The SMILES string of the molecule is Cl.Cl.NCCC(=O)NCCCc1cc(N)n(-c2ccccc2)n1. The van der Waals surface area contributed by atoms with Crippen LogP contribution in [0.1, 0.15) is 18.5 Å². The van der Waals surface area contributed by atoms with Crippen molar-refractivity contribution in [3.05, 3.63) is 42.1 Å². The van der Waals surface area contributed by atoms with Crippen LogP contribution in [-0.2, 0) is 11.2 Å². The quantitative estimate of drug-likeness (QED) is 0.655. The zero-order chi connectivity index (χ0) is 15.1. The van der Waals surface area contributed by atoms with Gasteiger partial charge in [-0.25, -0.2) is 4.68 Å². The number of hydrogen-bond donors (Lipinski definition) is 3. The third-order valence-corrected chi connectivity index (χ3v) is 3.09. The van der Waals surface area contributed by atoms with E-state index in [4.69, 9.17) is 11.5 Å². The molecule has 1 aromatic heterocycles. The fourth-order valence-electron chi connectivity index (χ4n) is 2.06. The van der Waals surface area contributed by atoms with E-state index >= 15 is 0 Å². The van der Waals surface area contributed by atoms with Crippen molar-refractivity contribution in [2.75, 3.05) is 18.8 Å². The van der Waals surface area contributed by atoms with Crippen LogP contribution in [0, 0.1) is 0 Å². The summed E-state index contributed by atoms with van der Waals surface area (Å²) in [5, 5.41) is 7.31. The summed E-state index contributed by atoms with van der Waals surface area (Å²) in [4.78, 5) is 11.3. The largest absolute Gasteiger partial charge is 0.384 e. The summed E-state index contributed by atoms with van der Waals surface area (Å²) >= 11 is 0. The average Bonchev–Trinajstić information content (AvgIpc) is 2.86. The van der Waals surface area contributed by atoms with E-state index in [0.29, 0.717) is 25.3 Å². The van der Waals surface area contributed by atoms with Crippen LogP contribution in [0.25, 0.3) is 5.69 Å². The average molecular weight is 360 g/mol. The summed E-state index contributed by atoms with van der Waals surface area (Å²) in [6.07, 6.45) is 1.96. The summed E-state index contributed by atoms with van der Waals surface area (Å²) in [5.41, 5.74) is 13.2. The number of aryl methyl sites for hydroxylation is 1. The number of nitrogens with two attached hydrogens (primary N) is 2. The van der Waals surface area contributed by atoms with Crippen LogP contribution in [0.3, 0.4) is 0 Å². The van der Waals surface area contributed by atoms with E-state index in [0.717, 1.165) is 24.2 Å². The van der Waals surface area contributed by atoms with Crippen molar-refractivity contribution in [3.8, 4) is 5.69 Å². The Morgan fingerprint density at radius 2 is 1.91 bits per heavy atom. The molecular formula is C15H23Cl2N5O. The van der Waals surface area contributed by atoms with Gasteiger partial charge in [-0.05, 0) is 25.0 Å². The Labute approximate surface area is 148 Å². The van der Waals surface area contributed by atoms with Gasteiger partial charge in [-0.2, -0.15) is 5.10 Å². The van der Waals surface area contributed by atoms with Gasteiger partial charge in [0, 0.05) is 25.6 Å². The van der Waals surface area contributed by atoms with Crippen LogP contribution in [0.4, 0.5) is 5.82 Å². The van der Waals surface area contributed by atoms with Crippen molar-refractivity contribution < 1.29 is 4.79 Å². The highest BCUT2D eigenvalue weighted by molar-refractivity contribution is 5.85. The third kappa shape index (κ3) is 6.48. The van der Waals surface area contributed by atoms with Gasteiger partial charge >= 0.3 is 0 Å². The van der Waals surface area contributed by atoms with Gasteiger partial charge in [-0.3, -0.25) is 4.79 Å². The first kappa shape index (κ1) is 21.2. The molecule has 0 radical (unpaired) electrons. The molecule has 0 saturated carbocycles. The second kappa shape index (κ2) is 10.9. The Bertz CT molecular complexity index is 589. The fourth-order valence-corrected chi connectivity index (χ4v) is 2.06.